The van der Waals surface area contributed by atoms with Gasteiger partial charge in [0.1, 0.15) is 17.2 Å². The summed E-state index contributed by atoms with van der Waals surface area (Å²) in [5.74, 6) is 1.85. The van der Waals surface area contributed by atoms with E-state index in [9.17, 15) is 4.79 Å². The molecule has 0 unspecified atom stereocenters. The maximum atomic E-state index is 13.0. The van der Waals surface area contributed by atoms with Crippen LogP contribution in [0.1, 0.15) is 22.8 Å². The summed E-state index contributed by atoms with van der Waals surface area (Å²) in [6, 6.07) is 21.7. The Morgan fingerprint density at radius 3 is 2.19 bits per heavy atom. The number of ether oxygens (including phenoxy) is 3. The fourth-order valence-corrected chi connectivity index (χ4v) is 4.66. The molecule has 0 spiro atoms. The number of carbonyl (C=O) groups is 1. The van der Waals surface area contributed by atoms with Gasteiger partial charge in [-0.05, 0) is 65.9 Å². The fourth-order valence-electron chi connectivity index (χ4n) is 3.57. The van der Waals surface area contributed by atoms with Gasteiger partial charge >= 0.3 is 0 Å². The van der Waals surface area contributed by atoms with Crippen LogP contribution < -0.4 is 14.2 Å². The lowest BCUT2D eigenvalue weighted by Gasteiger charge is -2.10. The molecule has 0 aliphatic heterocycles. The van der Waals surface area contributed by atoms with Crippen molar-refractivity contribution in [2.45, 2.75) is 6.92 Å². The van der Waals surface area contributed by atoms with Crippen molar-refractivity contribution >= 4 is 32.8 Å². The monoisotopic (exact) mass is 444 g/mol. The summed E-state index contributed by atoms with van der Waals surface area (Å²) in [4.78, 5) is 14.1. The van der Waals surface area contributed by atoms with E-state index in [0.29, 0.717) is 17.1 Å². The van der Waals surface area contributed by atoms with Gasteiger partial charge in [0.2, 0.25) is 0 Å². The van der Waals surface area contributed by atoms with Crippen LogP contribution in [0.5, 0.6) is 17.2 Å². The van der Waals surface area contributed by atoms with Gasteiger partial charge in [0.05, 0.1) is 21.3 Å². The summed E-state index contributed by atoms with van der Waals surface area (Å²) < 4.78 is 17.4. The van der Waals surface area contributed by atoms with Gasteiger partial charge in [-0.15, -0.1) is 11.3 Å². The largest absolute Gasteiger partial charge is 0.497 e. The molecule has 0 atom stereocenters. The molecule has 3 aromatic carbocycles. The van der Waals surface area contributed by atoms with Crippen LogP contribution in [0.4, 0.5) is 0 Å². The number of rotatable bonds is 7. The van der Waals surface area contributed by atoms with Crippen LogP contribution in [0.2, 0.25) is 0 Å². The van der Waals surface area contributed by atoms with Gasteiger partial charge in [-0.3, -0.25) is 4.79 Å². The van der Waals surface area contributed by atoms with Crippen molar-refractivity contribution in [2.24, 2.45) is 0 Å². The highest BCUT2D eigenvalue weighted by molar-refractivity contribution is 7.22. The third-order valence-electron chi connectivity index (χ3n) is 5.33. The Morgan fingerprint density at radius 2 is 1.53 bits per heavy atom. The van der Waals surface area contributed by atoms with E-state index in [-0.39, 0.29) is 5.78 Å². The van der Waals surface area contributed by atoms with E-state index in [1.165, 1.54) is 10.1 Å². The predicted octanol–water partition coefficient (Wildman–Crippen LogP) is 6.88. The molecule has 0 radical (unpaired) electrons. The molecule has 1 heterocycles. The van der Waals surface area contributed by atoms with Crippen molar-refractivity contribution in [3.63, 3.8) is 0 Å². The zero-order valence-corrected chi connectivity index (χ0v) is 19.3. The molecule has 0 aliphatic rings. The Kier molecular flexibility index (Phi) is 6.28. The van der Waals surface area contributed by atoms with Crippen LogP contribution in [0, 0.1) is 0 Å². The van der Waals surface area contributed by atoms with E-state index in [1.807, 2.05) is 31.2 Å². The number of fused-ring (bicyclic) bond motifs is 1. The van der Waals surface area contributed by atoms with E-state index in [1.54, 1.807) is 56.9 Å². The topological polar surface area (TPSA) is 44.8 Å². The second kappa shape index (κ2) is 9.28. The first-order valence-corrected chi connectivity index (χ1v) is 11.0. The Hall–Kier alpha value is -3.57. The molecule has 162 valence electrons. The standard InChI is InChI=1S/C27H24O4S/c1-17(11-24(28)20-12-21(29-2)16-22(13-20)30-3)18-9-10-25(31-4)23(14-18)27-15-19-7-5-6-8-26(19)32-27/h5-16H,1-4H3. The van der Waals surface area contributed by atoms with Crippen LogP contribution >= 0.6 is 11.3 Å². The summed E-state index contributed by atoms with van der Waals surface area (Å²) in [7, 11) is 4.81. The van der Waals surface area contributed by atoms with Gasteiger partial charge in [-0.1, -0.05) is 24.3 Å². The first-order chi connectivity index (χ1) is 15.5. The second-order valence-corrected chi connectivity index (χ2v) is 8.44. The lowest BCUT2D eigenvalue weighted by atomic mass is 10.00. The second-order valence-electron chi connectivity index (χ2n) is 7.36. The molecule has 0 N–H and O–H groups in total. The fraction of sp³-hybridized carbons (Fsp3) is 0.148. The third-order valence-corrected chi connectivity index (χ3v) is 6.48. The molecule has 4 rings (SSSR count). The van der Waals surface area contributed by atoms with E-state index >= 15 is 0 Å². The Labute approximate surface area is 191 Å². The van der Waals surface area contributed by atoms with E-state index in [4.69, 9.17) is 14.2 Å². The predicted molar refractivity (Wildman–Crippen MR) is 131 cm³/mol. The lowest BCUT2D eigenvalue weighted by Crippen LogP contribution is -1.98. The first kappa shape index (κ1) is 21.7. The average Bonchev–Trinajstić information content (AvgIpc) is 3.27. The molecule has 0 fully saturated rings. The third kappa shape index (κ3) is 4.39. The molecular formula is C27H24O4S. The number of carbonyl (C=O) groups excluding carboxylic acids is 1. The normalized spacial score (nSPS) is 11.4. The molecule has 32 heavy (non-hydrogen) atoms. The number of allylic oxidation sites excluding steroid dienone is 2. The lowest BCUT2D eigenvalue weighted by molar-refractivity contribution is 0.104. The van der Waals surface area contributed by atoms with Gasteiger partial charge in [-0.25, -0.2) is 0 Å². The number of hydrogen-bond donors (Lipinski definition) is 0. The quantitative estimate of drug-likeness (QED) is 0.230. The van der Waals surface area contributed by atoms with Crippen LogP contribution in [0.3, 0.4) is 0 Å². The van der Waals surface area contributed by atoms with Crippen molar-refractivity contribution in [1.82, 2.24) is 0 Å². The maximum Gasteiger partial charge on any atom is 0.186 e. The van der Waals surface area contributed by atoms with Crippen molar-refractivity contribution < 1.29 is 19.0 Å². The van der Waals surface area contributed by atoms with Gasteiger partial charge in [-0.2, -0.15) is 0 Å². The van der Waals surface area contributed by atoms with Crippen LogP contribution in [0.25, 0.3) is 26.1 Å². The van der Waals surface area contributed by atoms with E-state index < -0.39 is 0 Å². The molecule has 0 amide bonds. The summed E-state index contributed by atoms with van der Waals surface area (Å²) in [6.07, 6.45) is 1.64. The van der Waals surface area contributed by atoms with Crippen molar-refractivity contribution in [1.29, 1.82) is 0 Å². The Morgan fingerprint density at radius 1 is 0.812 bits per heavy atom. The number of methoxy groups -OCH3 is 3. The Balaban J connectivity index is 1.71. The number of ketones is 1. The summed E-state index contributed by atoms with van der Waals surface area (Å²) in [5.41, 5.74) is 3.34. The van der Waals surface area contributed by atoms with Crippen LogP contribution in [-0.4, -0.2) is 27.1 Å². The zero-order chi connectivity index (χ0) is 22.7. The highest BCUT2D eigenvalue weighted by Gasteiger charge is 2.13. The summed E-state index contributed by atoms with van der Waals surface area (Å²) in [5, 5.41) is 1.20. The van der Waals surface area contributed by atoms with E-state index in [2.05, 4.69) is 24.3 Å². The maximum absolute atomic E-state index is 13.0. The molecule has 0 bridgehead atoms. The minimum absolute atomic E-state index is 0.112. The molecule has 4 nitrogen and oxygen atoms in total. The minimum atomic E-state index is -0.112. The molecule has 0 saturated carbocycles. The molecule has 1 aromatic heterocycles. The summed E-state index contributed by atoms with van der Waals surface area (Å²) >= 11 is 1.73. The molecular weight excluding hydrogens is 420 g/mol. The highest BCUT2D eigenvalue weighted by atomic mass is 32.1. The molecule has 0 saturated heterocycles. The van der Waals surface area contributed by atoms with E-state index in [0.717, 1.165) is 27.3 Å². The molecule has 5 heteroatoms. The number of benzene rings is 3. The molecule has 0 aliphatic carbocycles. The molecule has 4 aromatic rings. The zero-order valence-electron chi connectivity index (χ0n) is 18.5. The van der Waals surface area contributed by atoms with Crippen molar-refractivity contribution in [3.05, 3.63) is 83.9 Å². The number of hydrogen-bond acceptors (Lipinski definition) is 5. The van der Waals surface area contributed by atoms with Crippen LogP contribution in [-0.2, 0) is 0 Å². The van der Waals surface area contributed by atoms with Gasteiger partial charge in [0.15, 0.2) is 5.78 Å². The Bertz CT molecular complexity index is 1260. The van der Waals surface area contributed by atoms with Crippen molar-refractivity contribution in [3.8, 4) is 27.7 Å². The summed E-state index contributed by atoms with van der Waals surface area (Å²) in [6.45, 7) is 1.94. The van der Waals surface area contributed by atoms with Crippen LogP contribution in [0.15, 0.2) is 72.8 Å². The first-order valence-electron chi connectivity index (χ1n) is 10.2. The van der Waals surface area contributed by atoms with Gasteiger partial charge in [0.25, 0.3) is 0 Å². The average molecular weight is 445 g/mol. The minimum Gasteiger partial charge on any atom is -0.497 e. The van der Waals surface area contributed by atoms with Gasteiger partial charge < -0.3 is 14.2 Å². The van der Waals surface area contributed by atoms with Crippen molar-refractivity contribution in [2.75, 3.05) is 21.3 Å². The number of thiophene rings is 1. The van der Waals surface area contributed by atoms with Gasteiger partial charge in [0, 0.05) is 26.8 Å². The smallest absolute Gasteiger partial charge is 0.186 e. The highest BCUT2D eigenvalue weighted by Crippen LogP contribution is 2.39. The SMILES string of the molecule is COc1cc(OC)cc(C(=O)C=C(C)c2ccc(OC)c(-c3cc4ccccc4s3)c2)c1.